The molecule has 0 atom stereocenters. The zero-order valence-corrected chi connectivity index (χ0v) is 18.2. The molecule has 0 saturated carbocycles. The second-order valence-corrected chi connectivity index (χ2v) is 14.6. The number of rotatable bonds is 4. The SMILES string of the molecule is CCCC1=[C]([Ti+2]2([CH]3c4ccccc4-c4ccccc43)[CH2][CH2]2)CC=C1.[Cl-].[Cl-]. The van der Waals surface area contributed by atoms with Crippen molar-refractivity contribution in [2.24, 2.45) is 0 Å². The van der Waals surface area contributed by atoms with Crippen LogP contribution in [-0.2, 0) is 16.6 Å². The third kappa shape index (κ3) is 2.87. The van der Waals surface area contributed by atoms with Crippen LogP contribution in [0.3, 0.4) is 0 Å². The van der Waals surface area contributed by atoms with E-state index < -0.39 is 16.6 Å². The van der Waals surface area contributed by atoms with Crippen molar-refractivity contribution >= 4 is 0 Å². The fourth-order valence-electron chi connectivity index (χ4n) is 5.23. The molecule has 2 aliphatic carbocycles. The Hall–Kier alpha value is -0.786. The molecule has 0 unspecified atom stereocenters. The molecule has 0 N–H and O–H groups in total. The molecule has 0 radical (unpaired) electrons. The first kappa shape index (κ1) is 20.0. The Balaban J connectivity index is 0.000000980. The van der Waals surface area contributed by atoms with Crippen LogP contribution in [0.5, 0.6) is 0 Å². The average molecular weight is 419 g/mol. The van der Waals surface area contributed by atoms with Crippen molar-refractivity contribution < 1.29 is 41.4 Å². The molecule has 0 bridgehead atoms. The largest absolute Gasteiger partial charge is 1.00 e. The Morgan fingerprint density at radius 1 is 0.885 bits per heavy atom. The van der Waals surface area contributed by atoms with Gasteiger partial charge in [-0.05, 0) is 0 Å². The van der Waals surface area contributed by atoms with Gasteiger partial charge in [0.1, 0.15) is 0 Å². The van der Waals surface area contributed by atoms with Gasteiger partial charge in [-0.2, -0.15) is 0 Å². The molecule has 0 amide bonds. The number of allylic oxidation sites excluding steroid dienone is 4. The summed E-state index contributed by atoms with van der Waals surface area (Å²) in [5.41, 5.74) is 8.03. The summed E-state index contributed by atoms with van der Waals surface area (Å²) in [6.07, 6.45) is 8.72. The summed E-state index contributed by atoms with van der Waals surface area (Å²) in [5, 5.41) is 0. The molecule has 3 heteroatoms. The second kappa shape index (κ2) is 7.68. The van der Waals surface area contributed by atoms with Crippen LogP contribution in [0.1, 0.15) is 41.5 Å². The van der Waals surface area contributed by atoms with Gasteiger partial charge in [-0.25, -0.2) is 0 Å². The van der Waals surface area contributed by atoms with Crippen molar-refractivity contribution in [3.63, 3.8) is 0 Å². The van der Waals surface area contributed by atoms with Gasteiger partial charge in [0.2, 0.25) is 0 Å². The number of hydrogen-bond donors (Lipinski definition) is 0. The van der Waals surface area contributed by atoms with Gasteiger partial charge in [0.25, 0.3) is 0 Å². The first-order valence-electron chi connectivity index (χ1n) is 9.42. The first-order valence-corrected chi connectivity index (χ1v) is 13.3. The summed E-state index contributed by atoms with van der Waals surface area (Å²) < 4.78 is 5.77. The van der Waals surface area contributed by atoms with Gasteiger partial charge >= 0.3 is 149 Å². The van der Waals surface area contributed by atoms with E-state index >= 15 is 0 Å². The third-order valence-corrected chi connectivity index (χ3v) is 14.2. The van der Waals surface area contributed by atoms with E-state index in [1.54, 1.807) is 16.7 Å². The number of benzene rings is 2. The van der Waals surface area contributed by atoms with Gasteiger partial charge in [0, 0.05) is 0 Å². The van der Waals surface area contributed by atoms with E-state index in [9.17, 15) is 0 Å². The number of halogens is 2. The summed E-state index contributed by atoms with van der Waals surface area (Å²) in [4.78, 5) is 0. The predicted molar refractivity (Wildman–Crippen MR) is 99.0 cm³/mol. The number of fused-ring (bicyclic) bond motifs is 3. The van der Waals surface area contributed by atoms with Crippen molar-refractivity contribution in [1.29, 1.82) is 0 Å². The standard InChI is InChI=1S/C13H9.C8H11.C2H4.2ClH.Ti/c1-3-7-12-10(5-1)9-11-6-2-4-8-13(11)12;1-2-5-8-6-3-4-7-8;1-2;;;/h1-9H;3,6H,2,4-5H2,1H3;1-2H2;2*1H;/q;;;;;+2/p-2. The Morgan fingerprint density at radius 3 is 2.00 bits per heavy atom. The molecule has 5 rings (SSSR count). The molecule has 134 valence electrons. The molecule has 3 aliphatic rings. The van der Waals surface area contributed by atoms with E-state index in [0.29, 0.717) is 0 Å². The van der Waals surface area contributed by atoms with E-state index in [-0.39, 0.29) is 24.8 Å². The first-order chi connectivity index (χ1) is 11.8. The average Bonchev–Trinajstić information content (AvgIpc) is 3.14. The molecule has 1 heterocycles. The van der Waals surface area contributed by atoms with Gasteiger partial charge < -0.3 is 24.8 Å². The maximum atomic E-state index is 2.46. The zero-order valence-electron chi connectivity index (χ0n) is 15.1. The molecule has 0 aromatic heterocycles. The van der Waals surface area contributed by atoms with Gasteiger partial charge in [0.05, 0.1) is 0 Å². The van der Waals surface area contributed by atoms with Crippen LogP contribution in [0.15, 0.2) is 70.1 Å². The van der Waals surface area contributed by atoms with Crippen LogP contribution in [0.4, 0.5) is 0 Å². The number of hydrogen-bond acceptors (Lipinski definition) is 0. The monoisotopic (exact) mass is 418 g/mol. The minimum absolute atomic E-state index is 0. The fourth-order valence-corrected chi connectivity index (χ4v) is 14.6. The summed E-state index contributed by atoms with van der Waals surface area (Å²) >= 11 is -1.99. The van der Waals surface area contributed by atoms with Crippen molar-refractivity contribution in [2.75, 3.05) is 0 Å². The zero-order chi connectivity index (χ0) is 16.1. The molecule has 0 nitrogen and oxygen atoms in total. The second-order valence-electron chi connectivity index (χ2n) is 7.62. The summed E-state index contributed by atoms with van der Waals surface area (Å²) in [5.74, 6) is 0. The van der Waals surface area contributed by atoms with E-state index in [2.05, 4.69) is 67.6 Å². The maximum absolute atomic E-state index is 2.46. The van der Waals surface area contributed by atoms with Gasteiger partial charge in [0.15, 0.2) is 0 Å². The summed E-state index contributed by atoms with van der Waals surface area (Å²) in [6, 6.07) is 18.5. The molecular formula is C23H24Cl2Ti. The molecular weight excluding hydrogens is 395 g/mol. The van der Waals surface area contributed by atoms with Crippen LogP contribution in [0.25, 0.3) is 11.1 Å². The van der Waals surface area contributed by atoms with E-state index in [1.165, 1.54) is 39.8 Å². The Bertz CT molecular complexity index is 832. The van der Waals surface area contributed by atoms with Crippen molar-refractivity contribution in [3.05, 3.63) is 81.3 Å². The smallest absolute Gasteiger partial charge is 1.00 e. The molecule has 2 aromatic carbocycles. The quantitative estimate of drug-likeness (QED) is 0.643. The van der Waals surface area contributed by atoms with Crippen LogP contribution in [-0.4, -0.2) is 0 Å². The van der Waals surface area contributed by atoms with Crippen molar-refractivity contribution in [3.8, 4) is 11.1 Å². The minimum Gasteiger partial charge on any atom is -1.00 e. The van der Waals surface area contributed by atoms with Crippen molar-refractivity contribution in [2.45, 2.75) is 39.9 Å². The van der Waals surface area contributed by atoms with Crippen LogP contribution in [0, 0.1) is 0 Å². The third-order valence-electron chi connectivity index (χ3n) is 6.32. The van der Waals surface area contributed by atoms with E-state index in [1.807, 2.05) is 3.88 Å². The normalized spacial score (nSPS) is 17.6. The Labute approximate surface area is 173 Å². The Morgan fingerprint density at radius 2 is 1.46 bits per heavy atom. The topological polar surface area (TPSA) is 0 Å². The van der Waals surface area contributed by atoms with Crippen LogP contribution >= 0.6 is 0 Å². The Kier molecular flexibility index (Phi) is 5.90. The summed E-state index contributed by atoms with van der Waals surface area (Å²) in [6.45, 7) is 2.32. The molecule has 2 aromatic rings. The molecule has 26 heavy (non-hydrogen) atoms. The van der Waals surface area contributed by atoms with E-state index in [0.717, 1.165) is 4.22 Å². The molecule has 1 aliphatic heterocycles. The van der Waals surface area contributed by atoms with Gasteiger partial charge in [-0.3, -0.25) is 0 Å². The predicted octanol–water partition coefficient (Wildman–Crippen LogP) is 0.783. The maximum Gasteiger partial charge on any atom is -1.00 e. The van der Waals surface area contributed by atoms with Gasteiger partial charge in [-0.15, -0.1) is 0 Å². The molecule has 1 saturated heterocycles. The fraction of sp³-hybridized carbons (Fsp3) is 0.304. The summed E-state index contributed by atoms with van der Waals surface area (Å²) in [7, 11) is 0. The molecule has 1 fully saturated rings. The molecule has 0 spiro atoms. The van der Waals surface area contributed by atoms with Crippen LogP contribution < -0.4 is 24.8 Å². The van der Waals surface area contributed by atoms with E-state index in [4.69, 9.17) is 0 Å². The minimum atomic E-state index is -1.99. The van der Waals surface area contributed by atoms with Gasteiger partial charge in [-0.1, -0.05) is 0 Å². The van der Waals surface area contributed by atoms with Crippen molar-refractivity contribution in [1.82, 2.24) is 0 Å². The van der Waals surface area contributed by atoms with Crippen LogP contribution in [0.2, 0.25) is 9.45 Å².